The molecule has 0 unspecified atom stereocenters. The number of aryl methyl sites for hydroxylation is 1. The van der Waals surface area contributed by atoms with Crippen LogP contribution in [-0.4, -0.2) is 34.5 Å². The van der Waals surface area contributed by atoms with Gasteiger partial charge in [0, 0.05) is 16.3 Å². The van der Waals surface area contributed by atoms with E-state index in [1.54, 1.807) is 61.5 Å². The van der Waals surface area contributed by atoms with Gasteiger partial charge in [-0.2, -0.15) is 0 Å². The van der Waals surface area contributed by atoms with Crippen molar-refractivity contribution in [2.75, 3.05) is 10.0 Å². The van der Waals surface area contributed by atoms with E-state index in [9.17, 15) is 13.2 Å². The molecule has 0 radical (unpaired) electrons. The number of nitrogens with zero attached hydrogens (tertiary/aromatic N) is 4. The van der Waals surface area contributed by atoms with E-state index in [0.29, 0.717) is 33.2 Å². The van der Waals surface area contributed by atoms with E-state index in [4.69, 9.17) is 11.6 Å². The van der Waals surface area contributed by atoms with Crippen LogP contribution in [0.4, 0.5) is 11.4 Å². The Kier molecular flexibility index (Phi) is 5.89. The van der Waals surface area contributed by atoms with E-state index < -0.39 is 15.9 Å². The number of aromatic nitrogens is 4. The Morgan fingerprint density at radius 2 is 1.81 bits per heavy atom. The molecular weight excluding hydrogens is 452 g/mol. The standard InChI is InChI=1S/C21H17ClN6O3S/c1-14-8-9-17(12-20(14)32(30,31)25-18-6-3-5-16(22)11-18)24-21(29)15-4-2-7-19(10-15)28-13-23-26-27-28/h2-13,25H,1H3,(H,24,29). The number of hydrogen-bond donors (Lipinski definition) is 2. The van der Waals surface area contributed by atoms with Crippen LogP contribution in [-0.2, 0) is 10.0 Å². The van der Waals surface area contributed by atoms with Crippen molar-refractivity contribution < 1.29 is 13.2 Å². The number of anilines is 2. The first kappa shape index (κ1) is 21.5. The maximum atomic E-state index is 12.9. The molecule has 0 aliphatic carbocycles. The van der Waals surface area contributed by atoms with Gasteiger partial charge in [0.2, 0.25) is 0 Å². The monoisotopic (exact) mass is 468 g/mol. The van der Waals surface area contributed by atoms with Crippen molar-refractivity contribution >= 4 is 38.9 Å². The summed E-state index contributed by atoms with van der Waals surface area (Å²) in [6.07, 6.45) is 1.42. The summed E-state index contributed by atoms with van der Waals surface area (Å²) in [4.78, 5) is 12.8. The third kappa shape index (κ3) is 4.76. The Labute approximate surface area is 189 Å². The van der Waals surface area contributed by atoms with Crippen LogP contribution < -0.4 is 10.0 Å². The molecule has 1 aromatic heterocycles. The van der Waals surface area contributed by atoms with Gasteiger partial charge < -0.3 is 5.32 Å². The van der Waals surface area contributed by atoms with Crippen LogP contribution in [0.1, 0.15) is 15.9 Å². The molecule has 1 amide bonds. The predicted octanol–water partition coefficient (Wildman–Crippen LogP) is 3.68. The number of sulfonamides is 1. The average molecular weight is 469 g/mol. The van der Waals surface area contributed by atoms with Crippen molar-refractivity contribution in [1.82, 2.24) is 20.2 Å². The summed E-state index contributed by atoms with van der Waals surface area (Å²) in [6, 6.07) is 17.8. The van der Waals surface area contributed by atoms with Crippen molar-refractivity contribution in [2.24, 2.45) is 0 Å². The predicted molar refractivity (Wildman–Crippen MR) is 121 cm³/mol. The summed E-state index contributed by atoms with van der Waals surface area (Å²) < 4.78 is 29.8. The van der Waals surface area contributed by atoms with E-state index in [2.05, 4.69) is 25.6 Å². The molecule has 0 aliphatic heterocycles. The molecule has 0 saturated carbocycles. The van der Waals surface area contributed by atoms with E-state index in [0.717, 1.165) is 0 Å². The van der Waals surface area contributed by atoms with Crippen molar-refractivity contribution in [3.8, 4) is 5.69 Å². The number of benzene rings is 3. The van der Waals surface area contributed by atoms with Gasteiger partial charge in [0.1, 0.15) is 6.33 Å². The first-order valence-electron chi connectivity index (χ1n) is 9.36. The molecule has 4 rings (SSSR count). The SMILES string of the molecule is Cc1ccc(NC(=O)c2cccc(-n3cnnn3)c2)cc1S(=O)(=O)Nc1cccc(Cl)c1. The Morgan fingerprint density at radius 3 is 2.56 bits per heavy atom. The van der Waals surface area contributed by atoms with Crippen LogP contribution in [0.15, 0.2) is 78.0 Å². The van der Waals surface area contributed by atoms with Gasteiger partial charge >= 0.3 is 0 Å². The minimum atomic E-state index is -3.91. The van der Waals surface area contributed by atoms with E-state index in [1.165, 1.54) is 23.1 Å². The molecule has 9 nitrogen and oxygen atoms in total. The second-order valence-electron chi connectivity index (χ2n) is 6.85. The highest BCUT2D eigenvalue weighted by molar-refractivity contribution is 7.92. The van der Waals surface area contributed by atoms with Gasteiger partial charge in [-0.1, -0.05) is 29.8 Å². The second kappa shape index (κ2) is 8.77. The highest BCUT2D eigenvalue weighted by Gasteiger charge is 2.19. The second-order valence-corrected chi connectivity index (χ2v) is 8.94. The van der Waals surface area contributed by atoms with Crippen LogP contribution in [0, 0.1) is 6.92 Å². The largest absolute Gasteiger partial charge is 0.322 e. The maximum Gasteiger partial charge on any atom is 0.262 e. The smallest absolute Gasteiger partial charge is 0.262 e. The molecule has 0 aliphatic rings. The summed E-state index contributed by atoms with van der Waals surface area (Å²) in [6.45, 7) is 1.67. The quantitative estimate of drug-likeness (QED) is 0.445. The van der Waals surface area contributed by atoms with Crippen molar-refractivity contribution in [2.45, 2.75) is 11.8 Å². The van der Waals surface area contributed by atoms with Gasteiger partial charge in [0.25, 0.3) is 15.9 Å². The summed E-state index contributed by atoms with van der Waals surface area (Å²) >= 11 is 5.94. The zero-order valence-corrected chi connectivity index (χ0v) is 18.3. The number of nitrogens with one attached hydrogen (secondary N) is 2. The van der Waals surface area contributed by atoms with Crippen LogP contribution >= 0.6 is 11.6 Å². The summed E-state index contributed by atoms with van der Waals surface area (Å²) in [5, 5.41) is 14.1. The van der Waals surface area contributed by atoms with Gasteiger partial charge in [-0.15, -0.1) is 5.10 Å². The highest BCUT2D eigenvalue weighted by Crippen LogP contribution is 2.24. The molecular formula is C21H17ClN6O3S. The Morgan fingerprint density at radius 1 is 1.00 bits per heavy atom. The van der Waals surface area contributed by atoms with Gasteiger partial charge in [0.15, 0.2) is 0 Å². The van der Waals surface area contributed by atoms with Crippen molar-refractivity contribution in [1.29, 1.82) is 0 Å². The van der Waals surface area contributed by atoms with Gasteiger partial charge in [-0.3, -0.25) is 9.52 Å². The molecule has 162 valence electrons. The minimum Gasteiger partial charge on any atom is -0.322 e. The molecule has 0 bridgehead atoms. The molecule has 2 N–H and O–H groups in total. The lowest BCUT2D eigenvalue weighted by molar-refractivity contribution is 0.102. The summed E-state index contributed by atoms with van der Waals surface area (Å²) in [7, 11) is -3.91. The zero-order chi connectivity index (χ0) is 22.7. The third-order valence-electron chi connectivity index (χ3n) is 4.53. The van der Waals surface area contributed by atoms with E-state index in [-0.39, 0.29) is 4.90 Å². The molecule has 1 heterocycles. The maximum absolute atomic E-state index is 12.9. The molecule has 0 saturated heterocycles. The topological polar surface area (TPSA) is 119 Å². The molecule has 32 heavy (non-hydrogen) atoms. The first-order valence-corrected chi connectivity index (χ1v) is 11.2. The van der Waals surface area contributed by atoms with Gasteiger partial charge in [-0.05, 0) is 71.4 Å². The fraction of sp³-hybridized carbons (Fsp3) is 0.0476. The number of carbonyl (C=O) groups excluding carboxylic acids is 1. The minimum absolute atomic E-state index is 0.0396. The number of rotatable bonds is 6. The molecule has 0 spiro atoms. The van der Waals surface area contributed by atoms with Crippen LogP contribution in [0.5, 0.6) is 0 Å². The number of amides is 1. The Bertz CT molecular complexity index is 1390. The van der Waals surface area contributed by atoms with E-state index >= 15 is 0 Å². The lowest BCUT2D eigenvalue weighted by Crippen LogP contribution is -2.16. The van der Waals surface area contributed by atoms with Crippen LogP contribution in [0.3, 0.4) is 0 Å². The number of carbonyl (C=O) groups is 1. The molecule has 4 aromatic rings. The normalized spacial score (nSPS) is 11.2. The Hall–Kier alpha value is -3.76. The molecule has 0 fully saturated rings. The molecule has 0 atom stereocenters. The van der Waals surface area contributed by atoms with Crippen molar-refractivity contribution in [3.63, 3.8) is 0 Å². The lowest BCUT2D eigenvalue weighted by Gasteiger charge is -2.13. The zero-order valence-electron chi connectivity index (χ0n) is 16.7. The number of hydrogen-bond acceptors (Lipinski definition) is 6. The lowest BCUT2D eigenvalue weighted by atomic mass is 10.1. The number of tetrazole rings is 1. The fourth-order valence-corrected chi connectivity index (χ4v) is 4.51. The highest BCUT2D eigenvalue weighted by atomic mass is 35.5. The van der Waals surface area contributed by atoms with E-state index in [1.807, 2.05) is 0 Å². The number of halogens is 1. The van der Waals surface area contributed by atoms with Crippen LogP contribution in [0.2, 0.25) is 5.02 Å². The third-order valence-corrected chi connectivity index (χ3v) is 6.29. The van der Waals surface area contributed by atoms with Crippen molar-refractivity contribution in [3.05, 3.63) is 89.2 Å². The summed E-state index contributed by atoms with van der Waals surface area (Å²) in [5.41, 5.74) is 2.17. The van der Waals surface area contributed by atoms with Gasteiger partial charge in [0.05, 0.1) is 16.3 Å². The fourth-order valence-electron chi connectivity index (χ4n) is 3.00. The Balaban J connectivity index is 1.58. The van der Waals surface area contributed by atoms with Gasteiger partial charge in [-0.25, -0.2) is 13.1 Å². The molecule has 11 heteroatoms. The first-order chi connectivity index (χ1) is 15.3. The average Bonchev–Trinajstić information content (AvgIpc) is 3.30. The summed E-state index contributed by atoms with van der Waals surface area (Å²) in [5.74, 6) is -0.407. The van der Waals surface area contributed by atoms with Crippen LogP contribution in [0.25, 0.3) is 5.69 Å². The molecule has 3 aromatic carbocycles.